The normalized spacial score (nSPS) is 20.8. The molecule has 0 heterocycles. The van der Waals surface area contributed by atoms with Gasteiger partial charge < -0.3 is 10.6 Å². The van der Waals surface area contributed by atoms with Crippen LogP contribution in [-0.4, -0.2) is 37.0 Å². The number of aryl methyl sites for hydroxylation is 1. The van der Waals surface area contributed by atoms with Gasteiger partial charge in [-0.1, -0.05) is 39.7 Å². The highest BCUT2D eigenvalue weighted by atomic mass is 32.2. The van der Waals surface area contributed by atoms with Crippen molar-refractivity contribution < 1.29 is 8.42 Å². The summed E-state index contributed by atoms with van der Waals surface area (Å²) in [7, 11) is -3.48. The van der Waals surface area contributed by atoms with Crippen molar-refractivity contribution in [2.24, 2.45) is 5.92 Å². The van der Waals surface area contributed by atoms with Crippen molar-refractivity contribution in [3.63, 3.8) is 0 Å². The maximum Gasteiger partial charge on any atom is 0.243 e. The first-order valence-corrected chi connectivity index (χ1v) is 11.3. The summed E-state index contributed by atoms with van der Waals surface area (Å²) in [6, 6.07) is 5.55. The quantitative estimate of drug-likeness (QED) is 0.713. The Hall–Kier alpha value is -1.18. The van der Waals surface area contributed by atoms with Crippen molar-refractivity contribution in [3.05, 3.63) is 23.8 Å². The van der Waals surface area contributed by atoms with Crippen LogP contribution < -0.4 is 10.6 Å². The number of nitrogens with zero attached hydrogens (tertiary/aromatic N) is 1. The predicted molar refractivity (Wildman–Crippen MR) is 112 cm³/mol. The molecule has 1 aliphatic carbocycles. The number of rotatable bonds is 6. The third-order valence-electron chi connectivity index (χ3n) is 5.23. The zero-order chi connectivity index (χ0) is 19.3. The number of anilines is 1. The molecule has 2 atom stereocenters. The van der Waals surface area contributed by atoms with E-state index in [0.717, 1.165) is 17.7 Å². The minimum atomic E-state index is -3.48. The minimum Gasteiger partial charge on any atom is -0.359 e. The number of nitrogens with one attached hydrogen (secondary N) is 2. The second-order valence-electron chi connectivity index (χ2n) is 7.03. The summed E-state index contributed by atoms with van der Waals surface area (Å²) in [5.41, 5.74) is 1.70. The fourth-order valence-corrected chi connectivity index (χ4v) is 5.21. The van der Waals surface area contributed by atoms with Crippen LogP contribution in [0.1, 0.15) is 52.0 Å². The summed E-state index contributed by atoms with van der Waals surface area (Å²) in [5.74, 6) is 0.596. The van der Waals surface area contributed by atoms with E-state index in [-0.39, 0.29) is 0 Å². The SMILES string of the molecule is CCN(CC)S(=O)(=O)c1ccc(C)c(NC(=S)NC2CCCCC2C)c1. The summed E-state index contributed by atoms with van der Waals surface area (Å²) < 4.78 is 27.0. The lowest BCUT2D eigenvalue weighted by Gasteiger charge is -2.30. The van der Waals surface area contributed by atoms with Gasteiger partial charge in [-0.15, -0.1) is 0 Å². The zero-order valence-electron chi connectivity index (χ0n) is 16.2. The predicted octanol–water partition coefficient (Wildman–Crippen LogP) is 3.89. The molecule has 0 bridgehead atoms. The Morgan fingerprint density at radius 1 is 1.23 bits per heavy atom. The van der Waals surface area contributed by atoms with Crippen LogP contribution in [0.5, 0.6) is 0 Å². The Morgan fingerprint density at radius 2 is 1.88 bits per heavy atom. The van der Waals surface area contributed by atoms with E-state index in [9.17, 15) is 8.42 Å². The molecule has 0 aromatic heterocycles. The molecular formula is C19H31N3O2S2. The van der Waals surface area contributed by atoms with Gasteiger partial charge in [-0.3, -0.25) is 0 Å². The highest BCUT2D eigenvalue weighted by Crippen LogP contribution is 2.25. The fourth-order valence-electron chi connectivity index (χ4n) is 3.47. The summed E-state index contributed by atoms with van der Waals surface area (Å²) in [6.45, 7) is 8.80. The van der Waals surface area contributed by atoms with E-state index in [0.29, 0.717) is 35.1 Å². The molecule has 0 aliphatic heterocycles. The number of thiocarbonyl (C=S) groups is 1. The van der Waals surface area contributed by atoms with Gasteiger partial charge in [0.15, 0.2) is 5.11 Å². The van der Waals surface area contributed by atoms with E-state index >= 15 is 0 Å². The first-order chi connectivity index (χ1) is 12.3. The van der Waals surface area contributed by atoms with Gasteiger partial charge in [0.1, 0.15) is 0 Å². The molecule has 1 aliphatic rings. The van der Waals surface area contributed by atoms with Crippen molar-refractivity contribution in [1.82, 2.24) is 9.62 Å². The van der Waals surface area contributed by atoms with Crippen LogP contribution in [0.3, 0.4) is 0 Å². The molecule has 1 aromatic rings. The molecule has 0 saturated heterocycles. The largest absolute Gasteiger partial charge is 0.359 e. The molecule has 7 heteroatoms. The van der Waals surface area contributed by atoms with Gasteiger partial charge >= 0.3 is 0 Å². The third kappa shape index (κ3) is 4.96. The van der Waals surface area contributed by atoms with E-state index in [1.807, 2.05) is 26.8 Å². The van der Waals surface area contributed by atoms with Crippen LogP contribution in [0, 0.1) is 12.8 Å². The van der Waals surface area contributed by atoms with E-state index in [2.05, 4.69) is 17.6 Å². The van der Waals surface area contributed by atoms with Crippen LogP contribution in [-0.2, 0) is 10.0 Å². The lowest BCUT2D eigenvalue weighted by atomic mass is 9.86. The summed E-state index contributed by atoms with van der Waals surface area (Å²) in [5, 5.41) is 7.17. The highest BCUT2D eigenvalue weighted by Gasteiger charge is 2.24. The van der Waals surface area contributed by atoms with Crippen LogP contribution >= 0.6 is 12.2 Å². The topological polar surface area (TPSA) is 61.4 Å². The maximum absolute atomic E-state index is 12.8. The summed E-state index contributed by atoms with van der Waals surface area (Å²) in [6.07, 6.45) is 4.85. The van der Waals surface area contributed by atoms with Crippen molar-refractivity contribution in [1.29, 1.82) is 0 Å². The average Bonchev–Trinajstić information content (AvgIpc) is 2.59. The monoisotopic (exact) mass is 397 g/mol. The van der Waals surface area contributed by atoms with Crippen LogP contribution in [0.4, 0.5) is 5.69 Å². The molecule has 2 N–H and O–H groups in total. The van der Waals surface area contributed by atoms with Gasteiger partial charge in [0.2, 0.25) is 10.0 Å². The molecule has 2 rings (SSSR count). The molecule has 26 heavy (non-hydrogen) atoms. The van der Waals surface area contributed by atoms with Crippen molar-refractivity contribution in [3.8, 4) is 0 Å². The van der Waals surface area contributed by atoms with Gasteiger partial charge in [-0.25, -0.2) is 8.42 Å². The number of hydrogen-bond acceptors (Lipinski definition) is 3. The van der Waals surface area contributed by atoms with E-state index in [4.69, 9.17) is 12.2 Å². The lowest BCUT2D eigenvalue weighted by molar-refractivity contribution is 0.309. The second kappa shape index (κ2) is 9.15. The Labute approximate surface area is 163 Å². The second-order valence-corrected chi connectivity index (χ2v) is 9.38. The molecule has 2 unspecified atom stereocenters. The Kier molecular flexibility index (Phi) is 7.43. The molecule has 1 saturated carbocycles. The van der Waals surface area contributed by atoms with Crippen molar-refractivity contribution >= 4 is 33.0 Å². The van der Waals surface area contributed by atoms with Gasteiger partial charge in [0.25, 0.3) is 0 Å². The molecule has 5 nitrogen and oxygen atoms in total. The number of sulfonamides is 1. The fraction of sp³-hybridized carbons (Fsp3) is 0.632. The standard InChI is InChI=1S/C19H31N3O2S2/c1-5-22(6-2)26(23,24)16-12-11-15(4)18(13-16)21-19(25)20-17-10-8-7-9-14(17)3/h11-14,17H,5-10H2,1-4H3,(H2,20,21,25). The van der Waals surface area contributed by atoms with Crippen LogP contribution in [0.25, 0.3) is 0 Å². The lowest BCUT2D eigenvalue weighted by Crippen LogP contribution is -2.43. The van der Waals surface area contributed by atoms with Gasteiger partial charge in [0.05, 0.1) is 4.90 Å². The third-order valence-corrected chi connectivity index (χ3v) is 7.49. The minimum absolute atomic E-state index is 0.295. The average molecular weight is 398 g/mol. The van der Waals surface area contributed by atoms with Gasteiger partial charge in [0, 0.05) is 24.8 Å². The summed E-state index contributed by atoms with van der Waals surface area (Å²) >= 11 is 5.48. The molecular weight excluding hydrogens is 366 g/mol. The molecule has 0 spiro atoms. The first kappa shape index (κ1) is 21.1. The Balaban J connectivity index is 2.15. The molecule has 0 radical (unpaired) electrons. The Morgan fingerprint density at radius 3 is 2.50 bits per heavy atom. The maximum atomic E-state index is 12.8. The van der Waals surface area contributed by atoms with Crippen molar-refractivity contribution in [2.75, 3.05) is 18.4 Å². The molecule has 146 valence electrons. The van der Waals surface area contributed by atoms with Crippen molar-refractivity contribution in [2.45, 2.75) is 64.3 Å². The van der Waals surface area contributed by atoms with Crippen LogP contribution in [0.15, 0.2) is 23.1 Å². The van der Waals surface area contributed by atoms with E-state index < -0.39 is 10.0 Å². The van der Waals surface area contributed by atoms with Gasteiger partial charge in [-0.05, 0) is 55.6 Å². The number of hydrogen-bond donors (Lipinski definition) is 2. The Bertz CT molecular complexity index is 730. The first-order valence-electron chi connectivity index (χ1n) is 9.47. The smallest absolute Gasteiger partial charge is 0.243 e. The molecule has 1 aromatic carbocycles. The number of benzene rings is 1. The molecule has 0 amide bonds. The van der Waals surface area contributed by atoms with E-state index in [1.165, 1.54) is 23.6 Å². The highest BCUT2D eigenvalue weighted by molar-refractivity contribution is 7.89. The van der Waals surface area contributed by atoms with Gasteiger partial charge in [-0.2, -0.15) is 4.31 Å². The van der Waals surface area contributed by atoms with Crippen LogP contribution in [0.2, 0.25) is 0 Å². The molecule has 1 fully saturated rings. The summed E-state index contributed by atoms with van der Waals surface area (Å²) in [4.78, 5) is 0.295. The zero-order valence-corrected chi connectivity index (χ0v) is 17.8. The van der Waals surface area contributed by atoms with E-state index in [1.54, 1.807) is 12.1 Å².